The molecule has 1 fully saturated rings. The van der Waals surface area contributed by atoms with E-state index in [-0.39, 0.29) is 30.0 Å². The summed E-state index contributed by atoms with van der Waals surface area (Å²) in [6, 6.07) is 5.89. The van der Waals surface area contributed by atoms with Crippen molar-refractivity contribution in [3.63, 3.8) is 0 Å². The van der Waals surface area contributed by atoms with Crippen LogP contribution in [0.4, 0.5) is 16.5 Å². The minimum atomic E-state index is -0.493. The summed E-state index contributed by atoms with van der Waals surface area (Å²) >= 11 is 1.46. The van der Waals surface area contributed by atoms with Gasteiger partial charge in [0.25, 0.3) is 5.69 Å². The number of thiazole rings is 1. The summed E-state index contributed by atoms with van der Waals surface area (Å²) in [5.41, 5.74) is 1.32. The van der Waals surface area contributed by atoms with E-state index in [0.29, 0.717) is 23.9 Å². The van der Waals surface area contributed by atoms with Gasteiger partial charge in [0.1, 0.15) is 0 Å². The molecule has 2 amide bonds. The number of amides is 2. The predicted octanol–water partition coefficient (Wildman–Crippen LogP) is 2.79. The minimum absolute atomic E-state index is 0.0514. The van der Waals surface area contributed by atoms with Crippen molar-refractivity contribution in [3.8, 4) is 0 Å². The van der Waals surface area contributed by atoms with Gasteiger partial charge < -0.3 is 10.6 Å². The monoisotopic (exact) mass is 415 g/mol. The molecule has 2 aliphatic rings. The molecule has 0 atom stereocenters. The number of nitro benzene ring substituents is 1. The molecule has 2 N–H and O–H groups in total. The number of anilines is 2. The van der Waals surface area contributed by atoms with Crippen molar-refractivity contribution in [2.24, 2.45) is 5.92 Å². The Labute approximate surface area is 171 Å². The van der Waals surface area contributed by atoms with E-state index in [0.717, 1.165) is 36.3 Å². The van der Waals surface area contributed by atoms with E-state index in [1.807, 2.05) is 4.90 Å². The molecular weight excluding hydrogens is 394 g/mol. The van der Waals surface area contributed by atoms with Gasteiger partial charge in [-0.25, -0.2) is 4.98 Å². The number of fused-ring (bicyclic) bond motifs is 1. The summed E-state index contributed by atoms with van der Waals surface area (Å²) in [5.74, 6) is -0.0579. The van der Waals surface area contributed by atoms with Gasteiger partial charge in [-0.2, -0.15) is 0 Å². The zero-order valence-electron chi connectivity index (χ0n) is 15.7. The van der Waals surface area contributed by atoms with Crippen molar-refractivity contribution in [2.45, 2.75) is 32.2 Å². The maximum atomic E-state index is 12.3. The van der Waals surface area contributed by atoms with Crippen LogP contribution in [0.1, 0.15) is 29.8 Å². The van der Waals surface area contributed by atoms with Crippen LogP contribution in [0.25, 0.3) is 0 Å². The normalized spacial score (nSPS) is 16.6. The van der Waals surface area contributed by atoms with Crippen LogP contribution in [0.5, 0.6) is 0 Å². The summed E-state index contributed by atoms with van der Waals surface area (Å²) < 4.78 is 0. The Bertz CT molecular complexity index is 956. The number of aromatic nitrogens is 1. The number of non-ortho nitro benzene ring substituents is 1. The minimum Gasteiger partial charge on any atom is -0.325 e. The number of hydrogen-bond donors (Lipinski definition) is 2. The van der Waals surface area contributed by atoms with E-state index in [1.54, 1.807) is 6.07 Å². The van der Waals surface area contributed by atoms with Gasteiger partial charge in [-0.3, -0.25) is 24.6 Å². The van der Waals surface area contributed by atoms with E-state index in [9.17, 15) is 19.7 Å². The fraction of sp³-hybridized carbons (Fsp3) is 0.421. The molecule has 29 heavy (non-hydrogen) atoms. The van der Waals surface area contributed by atoms with Crippen molar-refractivity contribution in [1.82, 2.24) is 9.88 Å². The molecule has 152 valence electrons. The Balaban J connectivity index is 1.32. The number of carbonyl (C=O) groups is 2. The second-order valence-electron chi connectivity index (χ2n) is 7.32. The first kappa shape index (κ1) is 19.5. The van der Waals surface area contributed by atoms with E-state index in [1.165, 1.54) is 29.5 Å². The Hall–Kier alpha value is -2.85. The molecule has 1 aliphatic heterocycles. The van der Waals surface area contributed by atoms with Crippen molar-refractivity contribution < 1.29 is 14.5 Å². The Morgan fingerprint density at radius 1 is 1.31 bits per heavy atom. The van der Waals surface area contributed by atoms with Gasteiger partial charge in [0, 0.05) is 48.1 Å². The molecule has 1 aromatic heterocycles. The molecule has 0 spiro atoms. The second kappa shape index (κ2) is 8.26. The third-order valence-corrected chi connectivity index (χ3v) is 6.22. The van der Waals surface area contributed by atoms with Crippen LogP contribution < -0.4 is 10.6 Å². The highest BCUT2D eigenvalue weighted by molar-refractivity contribution is 7.15. The smallest absolute Gasteiger partial charge is 0.271 e. The predicted molar refractivity (Wildman–Crippen MR) is 109 cm³/mol. The summed E-state index contributed by atoms with van der Waals surface area (Å²) in [6.45, 7) is 1.47. The zero-order chi connectivity index (χ0) is 20.4. The van der Waals surface area contributed by atoms with E-state index >= 15 is 0 Å². The quantitative estimate of drug-likeness (QED) is 0.553. The van der Waals surface area contributed by atoms with Crippen LogP contribution in [0.15, 0.2) is 24.3 Å². The molecule has 1 saturated carbocycles. The van der Waals surface area contributed by atoms with Gasteiger partial charge in [-0.15, -0.1) is 11.3 Å². The maximum absolute atomic E-state index is 12.3. The van der Waals surface area contributed by atoms with Gasteiger partial charge in [-0.05, 0) is 18.9 Å². The van der Waals surface area contributed by atoms with Gasteiger partial charge in [0.05, 0.1) is 17.2 Å². The maximum Gasteiger partial charge on any atom is 0.271 e. The van der Waals surface area contributed by atoms with Crippen molar-refractivity contribution >= 4 is 39.7 Å². The Morgan fingerprint density at radius 2 is 2.14 bits per heavy atom. The zero-order valence-corrected chi connectivity index (χ0v) is 16.5. The SMILES string of the molecule is O=C(CN1CCc2nc(NC(=O)C3CCC3)sc2C1)Nc1cccc([N+](=O)[O-])c1. The average Bonchev–Trinajstić information content (AvgIpc) is 3.01. The first-order valence-electron chi connectivity index (χ1n) is 9.54. The molecule has 0 unspecified atom stereocenters. The number of rotatable bonds is 6. The summed E-state index contributed by atoms with van der Waals surface area (Å²) in [5, 5.41) is 17.1. The summed E-state index contributed by atoms with van der Waals surface area (Å²) in [6.07, 6.45) is 3.73. The van der Waals surface area contributed by atoms with Crippen molar-refractivity contribution in [2.75, 3.05) is 23.7 Å². The number of nitro groups is 1. The average molecular weight is 415 g/mol. The van der Waals surface area contributed by atoms with Gasteiger partial charge in [0.2, 0.25) is 11.8 Å². The van der Waals surface area contributed by atoms with Gasteiger partial charge in [-0.1, -0.05) is 12.5 Å². The first-order chi connectivity index (χ1) is 14.0. The Morgan fingerprint density at radius 3 is 2.86 bits per heavy atom. The third-order valence-electron chi connectivity index (χ3n) is 5.22. The highest BCUT2D eigenvalue weighted by atomic mass is 32.1. The number of hydrogen-bond acceptors (Lipinski definition) is 7. The lowest BCUT2D eigenvalue weighted by Crippen LogP contribution is -2.36. The highest BCUT2D eigenvalue weighted by Gasteiger charge is 2.27. The standard InChI is InChI=1S/C19H21N5O4S/c25-17(20-13-5-2-6-14(9-13)24(27)28)11-23-8-7-15-16(10-23)29-19(21-15)22-18(26)12-3-1-4-12/h2,5-6,9,12H,1,3-4,7-8,10-11H2,(H,20,25)(H,21,22,26). The largest absolute Gasteiger partial charge is 0.325 e. The van der Waals surface area contributed by atoms with Crippen molar-refractivity contribution in [1.29, 1.82) is 0 Å². The topological polar surface area (TPSA) is 117 Å². The fourth-order valence-corrected chi connectivity index (χ4v) is 4.47. The van der Waals surface area contributed by atoms with Crippen LogP contribution in [-0.4, -0.2) is 39.7 Å². The highest BCUT2D eigenvalue weighted by Crippen LogP contribution is 2.31. The van der Waals surface area contributed by atoms with Crippen LogP contribution in [0, 0.1) is 16.0 Å². The van der Waals surface area contributed by atoms with Gasteiger partial charge >= 0.3 is 0 Å². The van der Waals surface area contributed by atoms with Crippen molar-refractivity contribution in [3.05, 3.63) is 45.0 Å². The van der Waals surface area contributed by atoms with E-state index in [2.05, 4.69) is 15.6 Å². The summed E-state index contributed by atoms with van der Waals surface area (Å²) in [7, 11) is 0. The molecule has 0 bridgehead atoms. The molecule has 4 rings (SSSR count). The first-order valence-corrected chi connectivity index (χ1v) is 10.4. The van der Waals surface area contributed by atoms with Crippen LogP contribution in [-0.2, 0) is 22.6 Å². The molecule has 2 aromatic rings. The molecule has 2 heterocycles. The fourth-order valence-electron chi connectivity index (χ4n) is 3.42. The van der Waals surface area contributed by atoms with Gasteiger partial charge in [0.15, 0.2) is 5.13 Å². The van der Waals surface area contributed by atoms with Crippen LogP contribution in [0.2, 0.25) is 0 Å². The summed E-state index contributed by atoms with van der Waals surface area (Å²) in [4.78, 5) is 42.4. The lowest BCUT2D eigenvalue weighted by Gasteiger charge is -2.25. The molecule has 0 radical (unpaired) electrons. The second-order valence-corrected chi connectivity index (χ2v) is 8.41. The van der Waals surface area contributed by atoms with E-state index < -0.39 is 4.92 Å². The Kier molecular flexibility index (Phi) is 5.54. The molecule has 1 aromatic carbocycles. The van der Waals surface area contributed by atoms with Crippen LogP contribution in [0.3, 0.4) is 0 Å². The number of nitrogens with zero attached hydrogens (tertiary/aromatic N) is 3. The van der Waals surface area contributed by atoms with E-state index in [4.69, 9.17) is 0 Å². The molecule has 10 heteroatoms. The lowest BCUT2D eigenvalue weighted by molar-refractivity contribution is -0.384. The molecule has 9 nitrogen and oxygen atoms in total. The number of benzene rings is 1. The molecule has 0 saturated heterocycles. The number of carbonyl (C=O) groups excluding carboxylic acids is 2. The van der Waals surface area contributed by atoms with Crippen LogP contribution >= 0.6 is 11.3 Å². The molecular formula is C19H21N5O4S. The lowest BCUT2D eigenvalue weighted by atomic mass is 9.85. The molecule has 1 aliphatic carbocycles. The number of nitrogens with one attached hydrogen (secondary N) is 2. The third kappa shape index (κ3) is 4.60.